The second-order valence-electron chi connectivity index (χ2n) is 10.6. The number of rotatable bonds is 13. The lowest BCUT2D eigenvalue weighted by Gasteiger charge is -2.41. The van der Waals surface area contributed by atoms with Crippen molar-refractivity contribution in [1.29, 1.82) is 0 Å². The molecule has 0 aliphatic heterocycles. The van der Waals surface area contributed by atoms with E-state index in [0.29, 0.717) is 54.4 Å². The van der Waals surface area contributed by atoms with Gasteiger partial charge in [0.25, 0.3) is 5.91 Å². The van der Waals surface area contributed by atoms with E-state index in [1.165, 1.54) is 12.3 Å². The van der Waals surface area contributed by atoms with E-state index in [9.17, 15) is 19.5 Å². The highest BCUT2D eigenvalue weighted by Crippen LogP contribution is 2.43. The molecule has 1 aromatic carbocycles. The Morgan fingerprint density at radius 2 is 1.75 bits per heavy atom. The highest BCUT2D eigenvalue weighted by Gasteiger charge is 2.45. The summed E-state index contributed by atoms with van der Waals surface area (Å²) in [6.07, 6.45) is 1.53. The minimum Gasteiger partial charge on any atom is -0.492 e. The van der Waals surface area contributed by atoms with Gasteiger partial charge in [-0.2, -0.15) is 5.10 Å². The summed E-state index contributed by atoms with van der Waals surface area (Å²) < 4.78 is 13.5. The molecule has 0 radical (unpaired) electrons. The molecule has 1 unspecified atom stereocenters. The lowest BCUT2D eigenvalue weighted by atomic mass is 9.83. The summed E-state index contributed by atoms with van der Waals surface area (Å²) in [5.41, 5.74) is 0.449. The molecule has 0 saturated carbocycles. The maximum Gasteiger partial charge on any atom is 0.408 e. The van der Waals surface area contributed by atoms with E-state index >= 15 is 0 Å². The number of ketones is 1. The fraction of sp³-hybridized carbons (Fsp3) is 0.536. The number of anilines is 1. The smallest absolute Gasteiger partial charge is 0.408 e. The molecule has 0 aliphatic rings. The number of ether oxygens (including phenoxy) is 2. The summed E-state index contributed by atoms with van der Waals surface area (Å²) in [5.74, 6) is -0.0236. The third kappa shape index (κ3) is 6.37. The Labute approximate surface area is 234 Å². The number of nitrogens with one attached hydrogen (secondary N) is 2. The van der Waals surface area contributed by atoms with Gasteiger partial charge in [0, 0.05) is 13.1 Å². The van der Waals surface area contributed by atoms with E-state index in [-0.39, 0.29) is 12.2 Å². The van der Waals surface area contributed by atoms with Crippen LogP contribution in [0.2, 0.25) is 0 Å². The molecule has 2 aromatic heterocycles. The number of benzene rings is 1. The lowest BCUT2D eigenvalue weighted by Crippen LogP contribution is -2.53. The van der Waals surface area contributed by atoms with Crippen molar-refractivity contribution in [3.8, 4) is 11.5 Å². The van der Waals surface area contributed by atoms with Crippen LogP contribution in [0.15, 0.2) is 24.4 Å². The lowest BCUT2D eigenvalue weighted by molar-refractivity contribution is -0.139. The molecule has 2 amide bonds. The molecule has 0 spiro atoms. The van der Waals surface area contributed by atoms with E-state index in [1.807, 2.05) is 41.5 Å². The highest BCUT2D eigenvalue weighted by molar-refractivity contribution is 6.42. The summed E-state index contributed by atoms with van der Waals surface area (Å²) in [5, 5.41) is 19.5. The Morgan fingerprint density at radius 1 is 1.10 bits per heavy atom. The summed E-state index contributed by atoms with van der Waals surface area (Å²) >= 11 is 0. The van der Waals surface area contributed by atoms with Crippen molar-refractivity contribution in [1.82, 2.24) is 24.6 Å². The van der Waals surface area contributed by atoms with Crippen molar-refractivity contribution in [3.05, 3.63) is 30.2 Å². The van der Waals surface area contributed by atoms with Crippen molar-refractivity contribution < 1.29 is 29.0 Å². The van der Waals surface area contributed by atoms with Gasteiger partial charge >= 0.3 is 6.09 Å². The quantitative estimate of drug-likeness (QED) is 0.251. The molecule has 218 valence electrons. The zero-order chi connectivity index (χ0) is 29.6. The van der Waals surface area contributed by atoms with Crippen molar-refractivity contribution in [3.63, 3.8) is 0 Å². The first-order chi connectivity index (χ1) is 19.0. The largest absolute Gasteiger partial charge is 0.492 e. The van der Waals surface area contributed by atoms with E-state index in [2.05, 4.69) is 15.5 Å². The monoisotopic (exact) mass is 556 g/mol. The molecule has 40 heavy (non-hydrogen) atoms. The van der Waals surface area contributed by atoms with Crippen LogP contribution in [0.5, 0.6) is 11.5 Å². The number of carbonyl (C=O) groups is 3. The van der Waals surface area contributed by atoms with Gasteiger partial charge in [0.1, 0.15) is 40.2 Å². The van der Waals surface area contributed by atoms with Crippen LogP contribution >= 0.6 is 0 Å². The van der Waals surface area contributed by atoms with Crippen LogP contribution in [0.1, 0.15) is 72.7 Å². The Bertz CT molecular complexity index is 1330. The Morgan fingerprint density at radius 3 is 2.30 bits per heavy atom. The number of unbranched alkanes of at least 4 members (excludes halogenated alkanes) is 1. The van der Waals surface area contributed by atoms with Crippen LogP contribution in [-0.4, -0.2) is 66.8 Å². The molecule has 0 bridgehead atoms. The molecular formula is C28H40N6O6. The molecule has 2 atom stereocenters. The van der Waals surface area contributed by atoms with Crippen LogP contribution in [0, 0.1) is 5.41 Å². The first-order valence-electron chi connectivity index (χ1n) is 13.6. The maximum atomic E-state index is 13.6. The van der Waals surface area contributed by atoms with E-state index in [0.717, 1.165) is 4.90 Å². The number of Topliss-reactive ketones (excluding diaryl/α,β-unsaturated/α-hetero) is 1. The predicted octanol–water partition coefficient (Wildman–Crippen LogP) is 4.93. The van der Waals surface area contributed by atoms with E-state index < -0.39 is 35.3 Å². The molecular weight excluding hydrogens is 516 g/mol. The first-order valence-corrected chi connectivity index (χ1v) is 13.6. The number of aryl methyl sites for hydroxylation is 1. The summed E-state index contributed by atoms with van der Waals surface area (Å²) in [6.45, 7) is 12.2. The summed E-state index contributed by atoms with van der Waals surface area (Å²) in [4.78, 5) is 45.6. The standard InChI is InChI=1S/C28H40N6O6/c1-8-11-12-17(23(35)26(36)30-20-15-16-29-32-20)34(27(37)38)24(28(4,5)6)25-31-21-18(39-9-2)13-14-19(40-10-3)22(21)33(25)7/h13-17,24H,8-12H2,1-7H3,(H,37,38)(H2,29,30,32,36)/t17-,24?/m0/s1. The van der Waals surface area contributed by atoms with E-state index in [1.54, 1.807) is 23.7 Å². The second kappa shape index (κ2) is 12.8. The van der Waals surface area contributed by atoms with Crippen molar-refractivity contribution in [2.24, 2.45) is 12.5 Å². The molecule has 12 heteroatoms. The Kier molecular flexibility index (Phi) is 9.78. The fourth-order valence-electron chi connectivity index (χ4n) is 4.87. The SMILES string of the molecule is CCCC[C@@H](C(=O)C(=O)Nc1ccn[nH]1)N(C(=O)O)C(c1nc2c(OCC)ccc(OCC)c2n1C)C(C)(C)C. The Hall–Kier alpha value is -4.09. The van der Waals surface area contributed by atoms with Gasteiger partial charge in [-0.15, -0.1) is 0 Å². The first kappa shape index (κ1) is 30.5. The second-order valence-corrected chi connectivity index (χ2v) is 10.6. The van der Waals surface area contributed by atoms with Gasteiger partial charge in [0.2, 0.25) is 5.78 Å². The van der Waals surface area contributed by atoms with Gasteiger partial charge in [0.05, 0.1) is 25.5 Å². The molecule has 12 nitrogen and oxygen atoms in total. The third-order valence-electron chi connectivity index (χ3n) is 6.59. The molecule has 0 saturated heterocycles. The van der Waals surface area contributed by atoms with E-state index in [4.69, 9.17) is 14.5 Å². The van der Waals surface area contributed by atoms with Crippen LogP contribution in [-0.2, 0) is 16.6 Å². The number of carboxylic acid groups (broad SMARTS) is 1. The van der Waals surface area contributed by atoms with Gasteiger partial charge < -0.3 is 24.5 Å². The fourth-order valence-corrected chi connectivity index (χ4v) is 4.87. The molecule has 3 N–H and O–H groups in total. The summed E-state index contributed by atoms with van der Waals surface area (Å²) in [6, 6.07) is 2.93. The van der Waals surface area contributed by atoms with Crippen molar-refractivity contribution in [2.75, 3.05) is 18.5 Å². The number of aromatic amines is 1. The third-order valence-corrected chi connectivity index (χ3v) is 6.59. The number of H-pyrrole nitrogens is 1. The number of hydrogen-bond acceptors (Lipinski definition) is 7. The zero-order valence-electron chi connectivity index (χ0n) is 24.3. The number of amides is 2. The predicted molar refractivity (Wildman–Crippen MR) is 151 cm³/mol. The number of aromatic nitrogens is 4. The molecule has 3 rings (SSSR count). The van der Waals surface area contributed by atoms with Crippen molar-refractivity contribution >= 4 is 34.6 Å². The van der Waals surface area contributed by atoms with Gasteiger partial charge in [-0.3, -0.25) is 19.6 Å². The van der Waals surface area contributed by atoms with Gasteiger partial charge in [0.15, 0.2) is 0 Å². The van der Waals surface area contributed by atoms with Crippen LogP contribution in [0.4, 0.5) is 10.6 Å². The number of nitrogens with zero attached hydrogens (tertiary/aromatic N) is 4. The van der Waals surface area contributed by atoms with Crippen molar-refractivity contribution in [2.45, 2.75) is 72.9 Å². The normalized spacial score (nSPS) is 13.1. The number of fused-ring (bicyclic) bond motifs is 1. The molecule has 2 heterocycles. The van der Waals surface area contributed by atoms with Gasteiger partial charge in [-0.05, 0) is 37.8 Å². The van der Waals surface area contributed by atoms with Crippen LogP contribution in [0.25, 0.3) is 11.0 Å². The highest BCUT2D eigenvalue weighted by atomic mass is 16.5. The average Bonchev–Trinajstić information content (AvgIpc) is 3.52. The Balaban J connectivity index is 2.21. The van der Waals surface area contributed by atoms with Gasteiger partial charge in [-0.25, -0.2) is 9.78 Å². The molecule has 3 aromatic rings. The number of imidazole rings is 1. The average molecular weight is 557 g/mol. The van der Waals surface area contributed by atoms with Crippen LogP contribution < -0.4 is 14.8 Å². The number of carbonyl (C=O) groups excluding carboxylic acids is 2. The maximum absolute atomic E-state index is 13.6. The zero-order valence-corrected chi connectivity index (χ0v) is 24.3. The number of hydrogen-bond donors (Lipinski definition) is 3. The minimum atomic E-state index is -1.33. The topological polar surface area (TPSA) is 152 Å². The van der Waals surface area contributed by atoms with Crippen LogP contribution in [0.3, 0.4) is 0 Å². The summed E-state index contributed by atoms with van der Waals surface area (Å²) in [7, 11) is 1.79. The molecule has 0 fully saturated rings. The minimum absolute atomic E-state index is 0.170. The molecule has 0 aliphatic carbocycles. The van der Waals surface area contributed by atoms with Gasteiger partial charge in [-0.1, -0.05) is 40.5 Å².